The maximum atomic E-state index is 13.4. The summed E-state index contributed by atoms with van der Waals surface area (Å²) in [6.45, 7) is -0.283. The van der Waals surface area contributed by atoms with E-state index >= 15 is 0 Å². The molecule has 0 fully saturated rings. The molecular weight excluding hydrogens is 444 g/mol. The van der Waals surface area contributed by atoms with Crippen LogP contribution in [0.25, 0.3) is 0 Å². The van der Waals surface area contributed by atoms with E-state index in [0.717, 1.165) is 23.1 Å². The summed E-state index contributed by atoms with van der Waals surface area (Å²) in [5, 5.41) is 22.5. The van der Waals surface area contributed by atoms with Crippen LogP contribution >= 0.6 is 0 Å². The molecule has 0 aliphatic carbocycles. The van der Waals surface area contributed by atoms with Gasteiger partial charge in [0.2, 0.25) is 0 Å². The minimum absolute atomic E-state index is 0.134. The van der Waals surface area contributed by atoms with Gasteiger partial charge in [-0.15, -0.1) is 0 Å². The number of rotatable bonds is 7. The Balaban J connectivity index is 1.67. The van der Waals surface area contributed by atoms with Gasteiger partial charge in [-0.25, -0.2) is 0 Å². The number of nitro benzene ring substituents is 2. The predicted molar refractivity (Wildman–Crippen MR) is 120 cm³/mol. The van der Waals surface area contributed by atoms with Crippen molar-refractivity contribution in [3.63, 3.8) is 0 Å². The Bertz CT molecular complexity index is 1270. The molecule has 0 unspecified atom stereocenters. The molecule has 0 spiro atoms. The molecule has 0 atom stereocenters. The van der Waals surface area contributed by atoms with E-state index in [1.807, 2.05) is 0 Å². The number of carbonyl (C=O) groups excluding carboxylic acids is 3. The highest BCUT2D eigenvalue weighted by molar-refractivity contribution is 6.21. The van der Waals surface area contributed by atoms with Gasteiger partial charge in [0.15, 0.2) is 0 Å². The molecule has 0 aromatic heterocycles. The van der Waals surface area contributed by atoms with Gasteiger partial charge < -0.3 is 4.90 Å². The van der Waals surface area contributed by atoms with Gasteiger partial charge >= 0.3 is 0 Å². The van der Waals surface area contributed by atoms with Gasteiger partial charge in [0.1, 0.15) is 0 Å². The fourth-order valence-corrected chi connectivity index (χ4v) is 3.68. The zero-order valence-electron chi connectivity index (χ0n) is 17.5. The van der Waals surface area contributed by atoms with Crippen LogP contribution in [0, 0.1) is 20.2 Å². The normalized spacial score (nSPS) is 12.4. The minimum Gasteiger partial charge on any atom is -0.307 e. The van der Waals surface area contributed by atoms with E-state index in [2.05, 4.69) is 0 Å². The highest BCUT2D eigenvalue weighted by Gasteiger charge is 2.35. The molecule has 0 radical (unpaired) electrons. The first-order valence-electron chi connectivity index (χ1n) is 10.0. The summed E-state index contributed by atoms with van der Waals surface area (Å²) in [6, 6.07) is 17.3. The number of nitrogens with zero attached hydrogens (tertiary/aromatic N) is 4. The molecular formula is C23H16N4O7. The number of anilines is 1. The van der Waals surface area contributed by atoms with Crippen molar-refractivity contribution in [2.24, 2.45) is 0 Å². The topological polar surface area (TPSA) is 144 Å². The fraction of sp³-hybridized carbons (Fsp3) is 0.0870. The van der Waals surface area contributed by atoms with Crippen molar-refractivity contribution in [1.82, 2.24) is 4.90 Å². The van der Waals surface area contributed by atoms with E-state index in [1.54, 1.807) is 42.5 Å². The van der Waals surface area contributed by atoms with Crippen LogP contribution < -0.4 is 4.90 Å². The Morgan fingerprint density at radius 1 is 0.794 bits per heavy atom. The maximum Gasteiger partial charge on any atom is 0.277 e. The van der Waals surface area contributed by atoms with Crippen molar-refractivity contribution < 1.29 is 24.2 Å². The SMILES string of the molecule is O=C1c2ccccc2C(=O)N1CCN(C(=O)c1cc([N+](=O)[O-])cc([N+](=O)[O-])c1)c1ccccc1. The number of nitro groups is 2. The summed E-state index contributed by atoms with van der Waals surface area (Å²) in [5.74, 6) is -1.74. The van der Waals surface area contributed by atoms with Crippen LogP contribution in [0.1, 0.15) is 31.1 Å². The number of hydrogen-bond acceptors (Lipinski definition) is 7. The number of amides is 3. The lowest BCUT2D eigenvalue weighted by atomic mass is 10.1. The van der Waals surface area contributed by atoms with Crippen molar-refractivity contribution in [2.45, 2.75) is 0 Å². The Morgan fingerprint density at radius 3 is 1.79 bits per heavy atom. The molecule has 3 amide bonds. The van der Waals surface area contributed by atoms with Crippen LogP contribution in [0.3, 0.4) is 0 Å². The van der Waals surface area contributed by atoms with Crippen LogP contribution in [-0.2, 0) is 0 Å². The van der Waals surface area contributed by atoms with Gasteiger partial charge in [0.05, 0.1) is 32.6 Å². The van der Waals surface area contributed by atoms with Crippen LogP contribution in [0.5, 0.6) is 0 Å². The first kappa shape index (κ1) is 22.3. The quantitative estimate of drug-likeness (QED) is 0.298. The third-order valence-corrected chi connectivity index (χ3v) is 5.31. The second-order valence-corrected chi connectivity index (χ2v) is 7.35. The molecule has 170 valence electrons. The van der Waals surface area contributed by atoms with E-state index in [0.29, 0.717) is 5.69 Å². The van der Waals surface area contributed by atoms with Crippen molar-refractivity contribution in [3.8, 4) is 0 Å². The Morgan fingerprint density at radius 2 is 1.29 bits per heavy atom. The Labute approximate surface area is 192 Å². The molecule has 0 N–H and O–H groups in total. The van der Waals surface area contributed by atoms with Gasteiger partial charge in [0.25, 0.3) is 29.1 Å². The van der Waals surface area contributed by atoms with E-state index in [9.17, 15) is 34.6 Å². The number of non-ortho nitro benzene ring substituents is 2. The smallest absolute Gasteiger partial charge is 0.277 e. The van der Waals surface area contributed by atoms with Crippen molar-refractivity contribution in [3.05, 3.63) is 110 Å². The van der Waals surface area contributed by atoms with Gasteiger partial charge in [0, 0.05) is 30.9 Å². The van der Waals surface area contributed by atoms with E-state index < -0.39 is 38.9 Å². The van der Waals surface area contributed by atoms with Gasteiger partial charge in [-0.2, -0.15) is 0 Å². The zero-order chi connectivity index (χ0) is 24.4. The number of para-hydroxylation sites is 1. The van der Waals surface area contributed by atoms with E-state index in [4.69, 9.17) is 0 Å². The van der Waals surface area contributed by atoms with Crippen LogP contribution in [0.2, 0.25) is 0 Å². The number of imide groups is 1. The van der Waals surface area contributed by atoms with Crippen molar-refractivity contribution >= 4 is 34.8 Å². The average molecular weight is 460 g/mol. The lowest BCUT2D eigenvalue weighted by Crippen LogP contribution is -2.41. The van der Waals surface area contributed by atoms with Crippen LogP contribution in [-0.4, -0.2) is 45.6 Å². The standard InChI is InChI=1S/C23H16N4O7/c28-21(15-12-17(26(31)32)14-18(13-15)27(33)34)24(16-6-2-1-3-7-16)10-11-25-22(29)19-8-4-5-9-20(19)23(25)30/h1-9,12-14H,10-11H2. The molecule has 34 heavy (non-hydrogen) atoms. The Kier molecular flexibility index (Phi) is 5.83. The van der Waals surface area contributed by atoms with Gasteiger partial charge in [-0.3, -0.25) is 39.5 Å². The number of benzene rings is 3. The molecule has 1 heterocycles. The first-order valence-corrected chi connectivity index (χ1v) is 10.0. The molecule has 0 saturated heterocycles. The molecule has 11 heteroatoms. The van der Waals surface area contributed by atoms with Gasteiger partial charge in [-0.1, -0.05) is 30.3 Å². The number of carbonyl (C=O) groups is 3. The van der Waals surface area contributed by atoms with Crippen LogP contribution in [0.4, 0.5) is 17.1 Å². The summed E-state index contributed by atoms with van der Waals surface area (Å²) in [6.07, 6.45) is 0. The van der Waals surface area contributed by atoms with E-state index in [1.165, 1.54) is 17.0 Å². The first-order chi connectivity index (χ1) is 16.3. The van der Waals surface area contributed by atoms with Crippen molar-refractivity contribution in [2.75, 3.05) is 18.0 Å². The molecule has 3 aromatic carbocycles. The molecule has 11 nitrogen and oxygen atoms in total. The minimum atomic E-state index is -0.824. The average Bonchev–Trinajstić information content (AvgIpc) is 3.09. The molecule has 1 aliphatic heterocycles. The zero-order valence-corrected chi connectivity index (χ0v) is 17.5. The fourth-order valence-electron chi connectivity index (χ4n) is 3.68. The summed E-state index contributed by atoms with van der Waals surface area (Å²) in [7, 11) is 0. The third kappa shape index (κ3) is 4.09. The maximum absolute atomic E-state index is 13.4. The highest BCUT2D eigenvalue weighted by atomic mass is 16.6. The Hall–Kier alpha value is -4.93. The lowest BCUT2D eigenvalue weighted by Gasteiger charge is -2.25. The highest BCUT2D eigenvalue weighted by Crippen LogP contribution is 2.26. The molecule has 1 aliphatic rings. The van der Waals surface area contributed by atoms with Crippen LogP contribution in [0.15, 0.2) is 72.8 Å². The van der Waals surface area contributed by atoms with E-state index in [-0.39, 0.29) is 29.8 Å². The number of hydrogen-bond donors (Lipinski definition) is 0. The predicted octanol–water partition coefficient (Wildman–Crippen LogP) is 3.45. The summed E-state index contributed by atoms with van der Waals surface area (Å²) in [5.41, 5.74) is -0.569. The third-order valence-electron chi connectivity index (χ3n) is 5.31. The lowest BCUT2D eigenvalue weighted by molar-refractivity contribution is -0.394. The van der Waals surface area contributed by atoms with Crippen molar-refractivity contribution in [1.29, 1.82) is 0 Å². The molecule has 3 aromatic rings. The monoisotopic (exact) mass is 460 g/mol. The second kappa shape index (κ2) is 8.90. The molecule has 4 rings (SSSR count). The second-order valence-electron chi connectivity index (χ2n) is 7.35. The number of fused-ring (bicyclic) bond motifs is 1. The molecule has 0 bridgehead atoms. The van der Waals surface area contributed by atoms with Gasteiger partial charge in [-0.05, 0) is 24.3 Å². The summed E-state index contributed by atoms with van der Waals surface area (Å²) < 4.78 is 0. The summed E-state index contributed by atoms with van der Waals surface area (Å²) in [4.78, 5) is 61.8. The summed E-state index contributed by atoms with van der Waals surface area (Å²) >= 11 is 0. The largest absolute Gasteiger partial charge is 0.307 e. The molecule has 0 saturated carbocycles.